The highest BCUT2D eigenvalue weighted by Gasteiger charge is 2.07. The van der Waals surface area contributed by atoms with Crippen molar-refractivity contribution in [1.82, 2.24) is 9.55 Å². The second-order valence-corrected chi connectivity index (χ2v) is 3.74. The van der Waals surface area contributed by atoms with E-state index >= 15 is 0 Å². The van der Waals surface area contributed by atoms with E-state index < -0.39 is 5.97 Å². The SMILES string of the molecule is CCOC(=O)Cn1cnc(C(C)C)cc1=O. The molecular formula is C11H16N2O3. The van der Waals surface area contributed by atoms with E-state index in [1.165, 1.54) is 17.0 Å². The summed E-state index contributed by atoms with van der Waals surface area (Å²) in [4.78, 5) is 26.9. The van der Waals surface area contributed by atoms with Gasteiger partial charge in [0.2, 0.25) is 0 Å². The van der Waals surface area contributed by atoms with Crippen molar-refractivity contribution in [2.75, 3.05) is 6.61 Å². The van der Waals surface area contributed by atoms with E-state index in [0.29, 0.717) is 6.61 Å². The van der Waals surface area contributed by atoms with Gasteiger partial charge >= 0.3 is 5.97 Å². The van der Waals surface area contributed by atoms with Crippen LogP contribution >= 0.6 is 0 Å². The molecule has 0 saturated carbocycles. The molecule has 88 valence electrons. The summed E-state index contributed by atoms with van der Waals surface area (Å²) in [6.07, 6.45) is 1.38. The zero-order valence-electron chi connectivity index (χ0n) is 9.77. The van der Waals surface area contributed by atoms with Crippen molar-refractivity contribution in [3.63, 3.8) is 0 Å². The van der Waals surface area contributed by atoms with E-state index in [-0.39, 0.29) is 18.0 Å². The van der Waals surface area contributed by atoms with Gasteiger partial charge in [-0.05, 0) is 12.8 Å². The highest BCUT2D eigenvalue weighted by Crippen LogP contribution is 2.06. The first kappa shape index (κ1) is 12.4. The molecule has 0 aromatic carbocycles. The van der Waals surface area contributed by atoms with Crippen LogP contribution in [0.5, 0.6) is 0 Å². The predicted octanol–water partition coefficient (Wildman–Crippen LogP) is 0.930. The van der Waals surface area contributed by atoms with Crippen LogP contribution in [0.2, 0.25) is 0 Å². The maximum absolute atomic E-state index is 11.6. The van der Waals surface area contributed by atoms with Crippen molar-refractivity contribution in [2.24, 2.45) is 0 Å². The summed E-state index contributed by atoms with van der Waals surface area (Å²) in [6, 6.07) is 1.45. The average molecular weight is 224 g/mol. The van der Waals surface area contributed by atoms with E-state index in [9.17, 15) is 9.59 Å². The van der Waals surface area contributed by atoms with Gasteiger partial charge in [-0.25, -0.2) is 4.98 Å². The van der Waals surface area contributed by atoms with E-state index in [0.717, 1.165) is 5.69 Å². The van der Waals surface area contributed by atoms with Crippen molar-refractivity contribution in [3.05, 3.63) is 28.4 Å². The van der Waals surface area contributed by atoms with Gasteiger partial charge in [-0.15, -0.1) is 0 Å². The smallest absolute Gasteiger partial charge is 0.326 e. The molecule has 5 heteroatoms. The van der Waals surface area contributed by atoms with Gasteiger partial charge in [0.15, 0.2) is 0 Å². The highest BCUT2D eigenvalue weighted by atomic mass is 16.5. The van der Waals surface area contributed by atoms with Gasteiger partial charge in [0.1, 0.15) is 6.54 Å². The largest absolute Gasteiger partial charge is 0.465 e. The molecule has 0 radical (unpaired) electrons. The lowest BCUT2D eigenvalue weighted by molar-refractivity contribution is -0.143. The number of ether oxygens (including phenoxy) is 1. The van der Waals surface area contributed by atoms with Crippen LogP contribution in [0.1, 0.15) is 32.4 Å². The molecule has 5 nitrogen and oxygen atoms in total. The molecule has 16 heavy (non-hydrogen) atoms. The molecule has 0 aliphatic heterocycles. The number of carbonyl (C=O) groups is 1. The van der Waals surface area contributed by atoms with Gasteiger partial charge < -0.3 is 4.74 Å². The Morgan fingerprint density at radius 3 is 2.75 bits per heavy atom. The lowest BCUT2D eigenvalue weighted by Gasteiger charge is -2.07. The predicted molar refractivity (Wildman–Crippen MR) is 59.2 cm³/mol. The average Bonchev–Trinajstić information content (AvgIpc) is 2.21. The quantitative estimate of drug-likeness (QED) is 0.714. The van der Waals surface area contributed by atoms with Crippen molar-refractivity contribution in [3.8, 4) is 0 Å². The summed E-state index contributed by atoms with van der Waals surface area (Å²) in [6.45, 7) is 5.86. The topological polar surface area (TPSA) is 61.2 Å². The fourth-order valence-electron chi connectivity index (χ4n) is 1.22. The normalized spacial score (nSPS) is 10.5. The lowest BCUT2D eigenvalue weighted by Crippen LogP contribution is -2.25. The third-order valence-electron chi connectivity index (χ3n) is 2.10. The van der Waals surface area contributed by atoms with Gasteiger partial charge in [0.25, 0.3) is 5.56 Å². The van der Waals surface area contributed by atoms with Crippen molar-refractivity contribution in [1.29, 1.82) is 0 Å². The van der Waals surface area contributed by atoms with Crippen molar-refractivity contribution < 1.29 is 9.53 Å². The number of rotatable bonds is 4. The minimum absolute atomic E-state index is 0.0853. The Bertz CT molecular complexity index is 423. The van der Waals surface area contributed by atoms with Gasteiger partial charge in [-0.1, -0.05) is 13.8 Å². The zero-order chi connectivity index (χ0) is 12.1. The minimum atomic E-state index is -0.427. The van der Waals surface area contributed by atoms with Crippen LogP contribution in [0.25, 0.3) is 0 Å². The lowest BCUT2D eigenvalue weighted by atomic mass is 10.1. The molecule has 1 aromatic rings. The molecule has 0 aliphatic carbocycles. The molecule has 0 bridgehead atoms. The Morgan fingerprint density at radius 1 is 1.56 bits per heavy atom. The molecule has 0 spiro atoms. The minimum Gasteiger partial charge on any atom is -0.465 e. The second-order valence-electron chi connectivity index (χ2n) is 3.74. The molecule has 0 aliphatic rings. The maximum atomic E-state index is 11.6. The van der Waals surface area contributed by atoms with E-state index in [1.54, 1.807) is 6.92 Å². The number of aromatic nitrogens is 2. The van der Waals surface area contributed by atoms with Crippen LogP contribution in [0, 0.1) is 0 Å². The Kier molecular flexibility index (Phi) is 4.22. The van der Waals surface area contributed by atoms with Crippen LogP contribution in [0.15, 0.2) is 17.2 Å². The first-order chi connectivity index (χ1) is 7.54. The van der Waals surface area contributed by atoms with Crippen LogP contribution < -0.4 is 5.56 Å². The fourth-order valence-corrected chi connectivity index (χ4v) is 1.22. The summed E-state index contributed by atoms with van der Waals surface area (Å²) in [5.41, 5.74) is 0.497. The molecule has 0 N–H and O–H groups in total. The Morgan fingerprint density at radius 2 is 2.25 bits per heavy atom. The van der Waals surface area contributed by atoms with E-state index in [1.807, 2.05) is 13.8 Å². The first-order valence-corrected chi connectivity index (χ1v) is 5.26. The molecule has 0 amide bonds. The number of carbonyl (C=O) groups excluding carboxylic acids is 1. The summed E-state index contributed by atoms with van der Waals surface area (Å²) in [7, 11) is 0. The monoisotopic (exact) mass is 224 g/mol. The van der Waals surface area contributed by atoms with Crippen LogP contribution in [-0.2, 0) is 16.1 Å². The molecule has 1 heterocycles. The van der Waals surface area contributed by atoms with Gasteiger partial charge in [-0.3, -0.25) is 14.2 Å². The molecule has 1 rings (SSSR count). The molecule has 1 aromatic heterocycles. The molecule has 0 atom stereocenters. The Hall–Kier alpha value is -1.65. The zero-order valence-corrected chi connectivity index (χ0v) is 9.77. The molecular weight excluding hydrogens is 208 g/mol. The fraction of sp³-hybridized carbons (Fsp3) is 0.545. The molecule has 0 saturated heterocycles. The van der Waals surface area contributed by atoms with Gasteiger partial charge in [0, 0.05) is 6.07 Å². The van der Waals surface area contributed by atoms with Crippen LogP contribution in [-0.4, -0.2) is 22.1 Å². The van der Waals surface area contributed by atoms with Gasteiger partial charge in [-0.2, -0.15) is 0 Å². The van der Waals surface area contributed by atoms with E-state index in [2.05, 4.69) is 4.98 Å². The standard InChI is InChI=1S/C11H16N2O3/c1-4-16-11(15)6-13-7-12-9(8(2)3)5-10(13)14/h5,7-8H,4,6H2,1-3H3. The molecule has 0 fully saturated rings. The summed E-state index contributed by atoms with van der Waals surface area (Å²) in [5, 5.41) is 0. The first-order valence-electron chi connectivity index (χ1n) is 5.26. The number of nitrogens with zero attached hydrogens (tertiary/aromatic N) is 2. The van der Waals surface area contributed by atoms with Crippen molar-refractivity contribution in [2.45, 2.75) is 33.2 Å². The number of esters is 1. The van der Waals surface area contributed by atoms with Gasteiger partial charge in [0.05, 0.1) is 18.6 Å². The highest BCUT2D eigenvalue weighted by molar-refractivity contribution is 5.69. The molecule has 0 unspecified atom stereocenters. The summed E-state index contributed by atoms with van der Waals surface area (Å²) in [5.74, 6) is -0.228. The van der Waals surface area contributed by atoms with Crippen molar-refractivity contribution >= 4 is 5.97 Å². The maximum Gasteiger partial charge on any atom is 0.326 e. The number of hydrogen-bond donors (Lipinski definition) is 0. The Labute approximate surface area is 94.1 Å². The second kappa shape index (κ2) is 5.44. The number of hydrogen-bond acceptors (Lipinski definition) is 4. The van der Waals surface area contributed by atoms with Crippen LogP contribution in [0.3, 0.4) is 0 Å². The van der Waals surface area contributed by atoms with E-state index in [4.69, 9.17) is 4.74 Å². The summed E-state index contributed by atoms with van der Waals surface area (Å²) >= 11 is 0. The summed E-state index contributed by atoms with van der Waals surface area (Å²) < 4.78 is 5.99. The van der Waals surface area contributed by atoms with Crippen LogP contribution in [0.4, 0.5) is 0 Å². The third kappa shape index (κ3) is 3.18. The Balaban J connectivity index is 2.83. The third-order valence-corrected chi connectivity index (χ3v) is 2.10.